The molecule has 0 aromatic heterocycles. The van der Waals surface area contributed by atoms with Crippen LogP contribution in [0.5, 0.6) is 0 Å². The van der Waals surface area contributed by atoms with E-state index in [1.807, 2.05) is 6.08 Å². The fourth-order valence-corrected chi connectivity index (χ4v) is 6.41. The zero-order valence-corrected chi connectivity index (χ0v) is 32.2. The number of allylic oxidation sites excluding steroid dienone is 3. The molecule has 7 N–H and O–H groups in total. The average molecular weight is 728 g/mol. The molecule has 0 spiro atoms. The van der Waals surface area contributed by atoms with E-state index in [9.17, 15) is 35.4 Å². The van der Waals surface area contributed by atoms with Gasteiger partial charge in [0.2, 0.25) is 5.91 Å². The summed E-state index contributed by atoms with van der Waals surface area (Å²) in [6, 6.07) is -0.990. The lowest BCUT2D eigenvalue weighted by molar-refractivity contribution is -0.302. The van der Waals surface area contributed by atoms with E-state index in [1.165, 1.54) is 103 Å². The molecule has 10 heteroatoms. The zero-order valence-electron chi connectivity index (χ0n) is 32.2. The van der Waals surface area contributed by atoms with Crippen molar-refractivity contribution in [3.05, 3.63) is 24.3 Å². The Balaban J connectivity index is 2.52. The van der Waals surface area contributed by atoms with Gasteiger partial charge in [-0.15, -0.1) is 0 Å². The van der Waals surface area contributed by atoms with Crippen LogP contribution in [0.15, 0.2) is 24.3 Å². The second-order valence-corrected chi connectivity index (χ2v) is 14.6. The fraction of sp³-hybridized carbons (Fsp3) is 0.878. The van der Waals surface area contributed by atoms with E-state index in [0.29, 0.717) is 19.3 Å². The molecule has 0 saturated carbocycles. The minimum absolute atomic E-state index is 0.306. The van der Waals surface area contributed by atoms with Crippen LogP contribution in [-0.2, 0) is 14.3 Å². The Hall–Kier alpha value is -1.37. The largest absolute Gasteiger partial charge is 0.394 e. The van der Waals surface area contributed by atoms with Gasteiger partial charge in [-0.05, 0) is 32.1 Å². The molecule has 1 saturated heterocycles. The van der Waals surface area contributed by atoms with Crippen LogP contribution >= 0.6 is 0 Å². The molecule has 0 aliphatic carbocycles. The number of hydrogen-bond donors (Lipinski definition) is 7. The Morgan fingerprint density at radius 3 is 1.71 bits per heavy atom. The van der Waals surface area contributed by atoms with E-state index in [-0.39, 0.29) is 6.61 Å². The van der Waals surface area contributed by atoms with Gasteiger partial charge in [0.1, 0.15) is 30.5 Å². The second kappa shape index (κ2) is 32.1. The maximum atomic E-state index is 12.9. The molecule has 51 heavy (non-hydrogen) atoms. The van der Waals surface area contributed by atoms with Crippen molar-refractivity contribution < 1.29 is 44.9 Å². The molecule has 1 aliphatic heterocycles. The van der Waals surface area contributed by atoms with Gasteiger partial charge in [0, 0.05) is 0 Å². The van der Waals surface area contributed by atoms with Crippen molar-refractivity contribution in [2.45, 2.75) is 217 Å². The lowest BCUT2D eigenvalue weighted by Crippen LogP contribution is -2.60. The van der Waals surface area contributed by atoms with E-state index in [2.05, 4.69) is 31.3 Å². The van der Waals surface area contributed by atoms with Gasteiger partial charge in [0.25, 0.3) is 0 Å². The number of aliphatic hydroxyl groups excluding tert-OH is 6. The van der Waals surface area contributed by atoms with Crippen LogP contribution in [0.2, 0.25) is 0 Å². The number of carbonyl (C=O) groups is 1. The lowest BCUT2D eigenvalue weighted by Gasteiger charge is -2.40. The van der Waals surface area contributed by atoms with Crippen LogP contribution in [0, 0.1) is 0 Å². The minimum atomic E-state index is -1.61. The smallest absolute Gasteiger partial charge is 0.249 e. The maximum absolute atomic E-state index is 12.9. The van der Waals surface area contributed by atoms with Crippen LogP contribution < -0.4 is 5.32 Å². The summed E-state index contributed by atoms with van der Waals surface area (Å²) in [5.74, 6) is -0.628. The van der Waals surface area contributed by atoms with Crippen molar-refractivity contribution in [3.63, 3.8) is 0 Å². The predicted molar refractivity (Wildman–Crippen MR) is 204 cm³/mol. The third kappa shape index (κ3) is 23.1. The van der Waals surface area contributed by atoms with Gasteiger partial charge < -0.3 is 45.4 Å². The first-order valence-electron chi connectivity index (χ1n) is 20.7. The molecule has 1 aliphatic rings. The van der Waals surface area contributed by atoms with Crippen molar-refractivity contribution in [2.24, 2.45) is 0 Å². The maximum Gasteiger partial charge on any atom is 0.249 e. The molecular weight excluding hydrogens is 650 g/mol. The minimum Gasteiger partial charge on any atom is -0.394 e. The molecule has 10 nitrogen and oxygen atoms in total. The highest BCUT2D eigenvalue weighted by molar-refractivity contribution is 5.80. The number of hydrogen-bond acceptors (Lipinski definition) is 9. The predicted octanol–water partition coefficient (Wildman–Crippen LogP) is 6.52. The normalized spacial score (nSPS) is 22.9. The van der Waals surface area contributed by atoms with Crippen molar-refractivity contribution in [1.29, 1.82) is 0 Å². The number of unbranched alkanes of at least 4 members (excludes halogenated alkanes) is 20. The summed E-state index contributed by atoms with van der Waals surface area (Å²) in [6.45, 7) is 3.55. The molecule has 1 rings (SSSR count). The van der Waals surface area contributed by atoms with E-state index in [0.717, 1.165) is 32.1 Å². The third-order valence-electron chi connectivity index (χ3n) is 9.89. The molecule has 1 amide bonds. The third-order valence-corrected chi connectivity index (χ3v) is 9.89. The van der Waals surface area contributed by atoms with Gasteiger partial charge in [-0.3, -0.25) is 4.79 Å². The molecule has 0 radical (unpaired) electrons. The highest BCUT2D eigenvalue weighted by Crippen LogP contribution is 2.22. The summed E-state index contributed by atoms with van der Waals surface area (Å²) < 4.78 is 11.1. The SMILES string of the molecule is CCCCCCCCCCC/C=C/CC/C=C/C(O)C(COC1OC(CO)C(O)C(O)C1O)NC(=O)C(O)CCCCCCCCCCCCC. The molecular formula is C41H77NO9. The summed E-state index contributed by atoms with van der Waals surface area (Å²) in [6.07, 6.45) is 25.5. The van der Waals surface area contributed by atoms with Gasteiger partial charge in [-0.2, -0.15) is 0 Å². The van der Waals surface area contributed by atoms with Crippen molar-refractivity contribution >= 4 is 5.91 Å². The molecule has 1 heterocycles. The first-order valence-corrected chi connectivity index (χ1v) is 20.7. The molecule has 8 unspecified atom stereocenters. The summed E-state index contributed by atoms with van der Waals surface area (Å²) in [7, 11) is 0. The Labute approximate surface area is 310 Å². The first kappa shape index (κ1) is 47.7. The van der Waals surface area contributed by atoms with Crippen LogP contribution in [0.3, 0.4) is 0 Å². The average Bonchev–Trinajstić information content (AvgIpc) is 3.13. The number of aliphatic hydroxyl groups is 6. The highest BCUT2D eigenvalue weighted by Gasteiger charge is 2.44. The highest BCUT2D eigenvalue weighted by atomic mass is 16.7. The topological polar surface area (TPSA) is 169 Å². The number of rotatable bonds is 33. The lowest BCUT2D eigenvalue weighted by atomic mass is 9.99. The zero-order chi connectivity index (χ0) is 37.5. The first-order chi connectivity index (χ1) is 24.8. The Morgan fingerprint density at radius 1 is 0.667 bits per heavy atom. The van der Waals surface area contributed by atoms with E-state index in [4.69, 9.17) is 9.47 Å². The van der Waals surface area contributed by atoms with Crippen LogP contribution in [0.25, 0.3) is 0 Å². The Morgan fingerprint density at radius 2 is 1.16 bits per heavy atom. The van der Waals surface area contributed by atoms with Crippen LogP contribution in [0.1, 0.15) is 168 Å². The molecule has 0 aromatic rings. The monoisotopic (exact) mass is 728 g/mol. The summed E-state index contributed by atoms with van der Waals surface area (Å²) in [5, 5.41) is 64.3. The quantitative estimate of drug-likeness (QED) is 0.0294. The number of carbonyl (C=O) groups excluding carboxylic acids is 1. The van der Waals surface area contributed by atoms with Crippen molar-refractivity contribution in [1.82, 2.24) is 5.32 Å². The summed E-state index contributed by atoms with van der Waals surface area (Å²) >= 11 is 0. The van der Waals surface area contributed by atoms with Gasteiger partial charge >= 0.3 is 0 Å². The van der Waals surface area contributed by atoms with E-state index in [1.54, 1.807) is 6.08 Å². The van der Waals surface area contributed by atoms with Crippen LogP contribution in [-0.4, -0.2) is 98.7 Å². The number of amides is 1. The summed E-state index contributed by atoms with van der Waals surface area (Å²) in [4.78, 5) is 12.9. The van der Waals surface area contributed by atoms with E-state index < -0.39 is 61.5 Å². The van der Waals surface area contributed by atoms with E-state index >= 15 is 0 Å². The molecule has 0 aromatic carbocycles. The number of ether oxygens (including phenoxy) is 2. The van der Waals surface area contributed by atoms with Gasteiger partial charge in [0.05, 0.1) is 25.4 Å². The Kier molecular flexibility index (Phi) is 30.0. The molecule has 0 bridgehead atoms. The standard InChI is InChI=1S/C41H77NO9/c1-3-5-7-9-11-13-15-16-17-18-20-21-23-25-27-29-34(44)33(32-50-41-39(48)38(47)37(46)36(31-43)51-41)42-40(49)35(45)30-28-26-24-22-19-14-12-10-8-6-4-2/h20-21,27,29,33-39,41,43-48H,3-19,22-26,28,30-32H2,1-2H3,(H,42,49)/b21-20+,29-27+. The van der Waals surface area contributed by atoms with Crippen molar-refractivity contribution in [3.8, 4) is 0 Å². The molecule has 300 valence electrons. The molecule has 8 atom stereocenters. The van der Waals surface area contributed by atoms with Crippen LogP contribution in [0.4, 0.5) is 0 Å². The fourth-order valence-electron chi connectivity index (χ4n) is 6.41. The van der Waals surface area contributed by atoms with Gasteiger partial charge in [0.15, 0.2) is 6.29 Å². The summed E-state index contributed by atoms with van der Waals surface area (Å²) in [5.41, 5.74) is 0. The number of nitrogens with one attached hydrogen (secondary N) is 1. The van der Waals surface area contributed by atoms with Gasteiger partial charge in [-0.25, -0.2) is 0 Å². The van der Waals surface area contributed by atoms with Crippen molar-refractivity contribution in [2.75, 3.05) is 13.2 Å². The second-order valence-electron chi connectivity index (χ2n) is 14.6. The van der Waals surface area contributed by atoms with Gasteiger partial charge in [-0.1, -0.05) is 160 Å². The Bertz CT molecular complexity index is 870. The molecule has 1 fully saturated rings.